The second-order valence-corrected chi connectivity index (χ2v) is 3.22. The van der Waals surface area contributed by atoms with Crippen LogP contribution in [0.2, 0.25) is 0 Å². The van der Waals surface area contributed by atoms with E-state index in [4.69, 9.17) is 0 Å². The molecule has 0 radical (unpaired) electrons. The molecule has 4 heteroatoms. The van der Waals surface area contributed by atoms with Crippen molar-refractivity contribution in [2.45, 2.75) is 20.3 Å². The normalized spacial score (nSPS) is 10.5. The number of rotatable bonds is 3. The first-order valence-electron chi connectivity index (χ1n) is 4.36. The number of benzene rings is 1. The molecule has 0 bridgehead atoms. The highest BCUT2D eigenvalue weighted by atomic mass is 19.3. The van der Waals surface area contributed by atoms with E-state index in [0.717, 1.165) is 6.07 Å². The van der Waals surface area contributed by atoms with Crippen LogP contribution < -0.4 is 0 Å². The van der Waals surface area contributed by atoms with Gasteiger partial charge >= 0.3 is 0 Å². The van der Waals surface area contributed by atoms with Gasteiger partial charge in [0.25, 0.3) is 6.43 Å². The highest BCUT2D eigenvalue weighted by Gasteiger charge is 2.17. The summed E-state index contributed by atoms with van der Waals surface area (Å²) in [5.41, 5.74) is 0.210. The number of halogens is 2. The summed E-state index contributed by atoms with van der Waals surface area (Å²) in [5, 5.41) is 0. The van der Waals surface area contributed by atoms with Crippen molar-refractivity contribution in [3.05, 3.63) is 34.4 Å². The lowest BCUT2D eigenvalue weighted by atomic mass is 9.96. The zero-order chi connectivity index (χ0) is 11.6. The average Bonchev–Trinajstić information content (AvgIpc) is 2.16. The largest absolute Gasteiger partial charge is 0.298 e. The van der Waals surface area contributed by atoms with Crippen molar-refractivity contribution in [2.24, 2.45) is 0 Å². The standard InChI is InChI=1S/C11H10F2O2/c1-6-8(7(2)15)3-4-9(11(12)13)10(6)5-14/h3-5,11H,1-2H3. The molecule has 0 aliphatic carbocycles. The second kappa shape index (κ2) is 4.29. The van der Waals surface area contributed by atoms with E-state index in [1.165, 1.54) is 19.9 Å². The molecular formula is C11H10F2O2. The first-order valence-corrected chi connectivity index (χ1v) is 4.36. The van der Waals surface area contributed by atoms with Gasteiger partial charge in [-0.2, -0.15) is 0 Å². The summed E-state index contributed by atoms with van der Waals surface area (Å²) in [6.07, 6.45) is -2.34. The molecule has 0 amide bonds. The summed E-state index contributed by atoms with van der Waals surface area (Å²) in [6, 6.07) is 2.45. The van der Waals surface area contributed by atoms with Crippen LogP contribution in [0.5, 0.6) is 0 Å². The van der Waals surface area contributed by atoms with Crippen LogP contribution in [0.3, 0.4) is 0 Å². The Bertz CT molecular complexity index is 411. The fourth-order valence-electron chi connectivity index (χ4n) is 1.48. The molecule has 0 N–H and O–H groups in total. The summed E-state index contributed by atoms with van der Waals surface area (Å²) < 4.78 is 25.0. The lowest BCUT2D eigenvalue weighted by Crippen LogP contribution is -2.04. The van der Waals surface area contributed by atoms with Crippen molar-refractivity contribution in [3.63, 3.8) is 0 Å². The van der Waals surface area contributed by atoms with Gasteiger partial charge in [-0.25, -0.2) is 8.78 Å². The molecule has 2 nitrogen and oxygen atoms in total. The van der Waals surface area contributed by atoms with Crippen LogP contribution >= 0.6 is 0 Å². The lowest BCUT2D eigenvalue weighted by Gasteiger charge is -2.09. The van der Waals surface area contributed by atoms with Crippen molar-refractivity contribution in [2.75, 3.05) is 0 Å². The highest BCUT2D eigenvalue weighted by Crippen LogP contribution is 2.26. The monoisotopic (exact) mass is 212 g/mol. The van der Waals surface area contributed by atoms with Gasteiger partial charge in [-0.1, -0.05) is 12.1 Å². The minimum Gasteiger partial charge on any atom is -0.298 e. The van der Waals surface area contributed by atoms with Crippen molar-refractivity contribution in [1.29, 1.82) is 0 Å². The van der Waals surface area contributed by atoms with Crippen LogP contribution in [-0.4, -0.2) is 12.1 Å². The van der Waals surface area contributed by atoms with Gasteiger partial charge in [0.05, 0.1) is 0 Å². The third-order valence-corrected chi connectivity index (χ3v) is 2.28. The molecule has 1 aromatic carbocycles. The molecule has 0 atom stereocenters. The van der Waals surface area contributed by atoms with Crippen molar-refractivity contribution in [3.8, 4) is 0 Å². The molecule has 15 heavy (non-hydrogen) atoms. The van der Waals surface area contributed by atoms with Gasteiger partial charge in [-0.3, -0.25) is 9.59 Å². The molecule has 1 rings (SSSR count). The molecule has 0 unspecified atom stereocenters. The fourth-order valence-corrected chi connectivity index (χ4v) is 1.48. The molecule has 0 aliphatic rings. The summed E-state index contributed by atoms with van der Waals surface area (Å²) in [6.45, 7) is 2.82. The number of ketones is 1. The molecule has 0 fully saturated rings. The SMILES string of the molecule is CC(=O)c1ccc(C(F)F)c(C=O)c1C. The van der Waals surface area contributed by atoms with E-state index in [-0.39, 0.29) is 16.9 Å². The Morgan fingerprint density at radius 3 is 2.40 bits per heavy atom. The zero-order valence-corrected chi connectivity index (χ0v) is 8.38. The Kier molecular flexibility index (Phi) is 3.29. The lowest BCUT2D eigenvalue weighted by molar-refractivity contribution is 0.101. The Morgan fingerprint density at radius 2 is 2.00 bits per heavy atom. The summed E-state index contributed by atoms with van der Waals surface area (Å²) in [7, 11) is 0. The van der Waals surface area contributed by atoms with Crippen LogP contribution in [0.4, 0.5) is 8.78 Å². The number of carbonyl (C=O) groups excluding carboxylic acids is 2. The number of Topliss-reactive ketones (excluding diaryl/α,β-unsaturated/α-hetero) is 1. The smallest absolute Gasteiger partial charge is 0.264 e. The Hall–Kier alpha value is -1.58. The van der Waals surface area contributed by atoms with Gasteiger partial charge in [-0.15, -0.1) is 0 Å². The third kappa shape index (κ3) is 2.09. The van der Waals surface area contributed by atoms with Crippen LogP contribution in [-0.2, 0) is 0 Å². The van der Waals surface area contributed by atoms with Gasteiger partial charge in [-0.05, 0) is 19.4 Å². The van der Waals surface area contributed by atoms with E-state index < -0.39 is 6.43 Å². The fraction of sp³-hybridized carbons (Fsp3) is 0.273. The first kappa shape index (κ1) is 11.5. The van der Waals surface area contributed by atoms with Crippen molar-refractivity contribution in [1.82, 2.24) is 0 Å². The van der Waals surface area contributed by atoms with E-state index in [2.05, 4.69) is 0 Å². The van der Waals surface area contributed by atoms with Crippen LogP contribution in [0.1, 0.15) is 45.2 Å². The van der Waals surface area contributed by atoms with E-state index in [1.54, 1.807) is 0 Å². The molecule has 0 saturated carbocycles. The van der Waals surface area contributed by atoms with Crippen LogP contribution in [0.25, 0.3) is 0 Å². The number of carbonyl (C=O) groups is 2. The van der Waals surface area contributed by atoms with E-state index >= 15 is 0 Å². The zero-order valence-electron chi connectivity index (χ0n) is 8.38. The predicted molar refractivity (Wildman–Crippen MR) is 51.5 cm³/mol. The molecule has 1 aromatic rings. The van der Waals surface area contributed by atoms with E-state index in [9.17, 15) is 18.4 Å². The molecule has 0 aromatic heterocycles. The Balaban J connectivity index is 3.45. The topological polar surface area (TPSA) is 34.1 Å². The molecule has 80 valence electrons. The van der Waals surface area contributed by atoms with Crippen molar-refractivity contribution >= 4 is 12.1 Å². The quantitative estimate of drug-likeness (QED) is 0.570. The van der Waals surface area contributed by atoms with Crippen LogP contribution in [0.15, 0.2) is 12.1 Å². The van der Waals surface area contributed by atoms with Gasteiger partial charge in [0, 0.05) is 16.7 Å². The maximum atomic E-state index is 12.5. The summed E-state index contributed by atoms with van der Waals surface area (Å²) >= 11 is 0. The van der Waals surface area contributed by atoms with Gasteiger partial charge in [0.15, 0.2) is 12.1 Å². The van der Waals surface area contributed by atoms with Crippen molar-refractivity contribution < 1.29 is 18.4 Å². The summed E-state index contributed by atoms with van der Waals surface area (Å²) in [5.74, 6) is -0.239. The predicted octanol–water partition coefficient (Wildman–Crippen LogP) is 2.95. The van der Waals surface area contributed by atoms with E-state index in [1.807, 2.05) is 0 Å². The highest BCUT2D eigenvalue weighted by molar-refractivity contribution is 5.98. The number of alkyl halides is 2. The van der Waals surface area contributed by atoms with Gasteiger partial charge in [0.1, 0.15) is 0 Å². The maximum absolute atomic E-state index is 12.5. The Morgan fingerprint density at radius 1 is 1.40 bits per heavy atom. The molecule has 0 saturated heterocycles. The van der Waals surface area contributed by atoms with Gasteiger partial charge in [0.2, 0.25) is 0 Å². The van der Waals surface area contributed by atoms with Gasteiger partial charge < -0.3 is 0 Å². The summed E-state index contributed by atoms with van der Waals surface area (Å²) in [4.78, 5) is 21.8. The average molecular weight is 212 g/mol. The minimum atomic E-state index is -2.70. The van der Waals surface area contributed by atoms with E-state index in [0.29, 0.717) is 17.4 Å². The number of hydrogen-bond acceptors (Lipinski definition) is 2. The minimum absolute atomic E-state index is 0.0855. The second-order valence-electron chi connectivity index (χ2n) is 3.22. The number of hydrogen-bond donors (Lipinski definition) is 0. The number of aldehydes is 1. The molecule has 0 spiro atoms. The molecule has 0 aliphatic heterocycles. The Labute approximate surface area is 85.9 Å². The molecular weight excluding hydrogens is 202 g/mol. The third-order valence-electron chi connectivity index (χ3n) is 2.28. The maximum Gasteiger partial charge on any atom is 0.264 e. The van der Waals surface area contributed by atoms with Crippen LogP contribution in [0, 0.1) is 6.92 Å². The first-order chi connectivity index (χ1) is 6.99. The molecule has 0 heterocycles.